The van der Waals surface area contributed by atoms with Gasteiger partial charge in [0.05, 0.1) is 18.8 Å². The molecular formula is C15H23NO4. The smallest absolute Gasteiger partial charge is 0.303 e. The molecule has 20 heavy (non-hydrogen) atoms. The zero-order valence-corrected chi connectivity index (χ0v) is 11.6. The molecule has 0 saturated heterocycles. The minimum atomic E-state index is -0.930. The Morgan fingerprint density at radius 2 is 1.55 bits per heavy atom. The van der Waals surface area contributed by atoms with Crippen LogP contribution in [0.15, 0.2) is 24.3 Å². The van der Waals surface area contributed by atoms with Crippen LogP contribution >= 0.6 is 0 Å². The van der Waals surface area contributed by atoms with E-state index in [1.807, 2.05) is 24.3 Å². The zero-order valence-electron chi connectivity index (χ0n) is 11.6. The molecule has 1 rings (SSSR count). The predicted octanol–water partition coefficient (Wildman–Crippen LogP) is 0.709. The molecular weight excluding hydrogens is 258 g/mol. The van der Waals surface area contributed by atoms with Crippen molar-refractivity contribution >= 4 is 5.97 Å². The van der Waals surface area contributed by atoms with Crippen molar-refractivity contribution in [2.75, 3.05) is 13.2 Å². The van der Waals surface area contributed by atoms with Gasteiger partial charge >= 0.3 is 5.97 Å². The fraction of sp³-hybridized carbons (Fsp3) is 0.533. The van der Waals surface area contributed by atoms with Crippen molar-refractivity contribution in [2.45, 2.75) is 37.6 Å². The fourth-order valence-electron chi connectivity index (χ4n) is 1.92. The van der Waals surface area contributed by atoms with Gasteiger partial charge in [-0.25, -0.2) is 0 Å². The van der Waals surface area contributed by atoms with Gasteiger partial charge in [-0.05, 0) is 36.8 Å². The monoisotopic (exact) mass is 281 g/mol. The number of hydrogen-bond donors (Lipinski definition) is 4. The largest absolute Gasteiger partial charge is 0.481 e. The average molecular weight is 281 g/mol. The number of rotatable bonds is 9. The zero-order chi connectivity index (χ0) is 15.0. The minimum absolute atomic E-state index is 0.185. The van der Waals surface area contributed by atoms with Crippen molar-refractivity contribution in [1.29, 1.82) is 0 Å². The lowest BCUT2D eigenvalue weighted by Crippen LogP contribution is -2.47. The van der Waals surface area contributed by atoms with Gasteiger partial charge in [0.25, 0.3) is 0 Å². The highest BCUT2D eigenvalue weighted by atomic mass is 16.4. The first-order valence-corrected chi connectivity index (χ1v) is 6.79. The number of hydrogen-bond acceptors (Lipinski definition) is 4. The van der Waals surface area contributed by atoms with E-state index in [1.54, 1.807) is 0 Å². The summed E-state index contributed by atoms with van der Waals surface area (Å²) in [4.78, 5) is 10.4. The molecule has 5 N–H and O–H groups in total. The van der Waals surface area contributed by atoms with Crippen LogP contribution in [-0.2, 0) is 17.6 Å². The summed E-state index contributed by atoms with van der Waals surface area (Å²) in [6.07, 6.45) is 2.77. The Morgan fingerprint density at radius 1 is 1.05 bits per heavy atom. The Kier molecular flexibility index (Phi) is 6.64. The molecule has 0 aliphatic heterocycles. The third-order valence-electron chi connectivity index (χ3n) is 3.42. The molecule has 5 heteroatoms. The number of carboxylic acid groups (broad SMARTS) is 1. The molecule has 0 fully saturated rings. The highest BCUT2D eigenvalue weighted by Crippen LogP contribution is 2.13. The van der Waals surface area contributed by atoms with Crippen LogP contribution in [0, 0.1) is 0 Å². The lowest BCUT2D eigenvalue weighted by atomic mass is 9.93. The van der Waals surface area contributed by atoms with Crippen molar-refractivity contribution < 1.29 is 20.1 Å². The Bertz CT molecular complexity index is 412. The molecule has 0 bridgehead atoms. The summed E-state index contributed by atoms with van der Waals surface area (Å²) >= 11 is 0. The first-order chi connectivity index (χ1) is 9.49. The van der Waals surface area contributed by atoms with Crippen molar-refractivity contribution in [2.24, 2.45) is 5.73 Å². The van der Waals surface area contributed by atoms with Gasteiger partial charge in [0.1, 0.15) is 0 Å². The van der Waals surface area contributed by atoms with Crippen molar-refractivity contribution in [3.8, 4) is 0 Å². The topological polar surface area (TPSA) is 104 Å². The number of aliphatic hydroxyl groups excluding tert-OH is 2. The maximum atomic E-state index is 10.4. The summed E-state index contributed by atoms with van der Waals surface area (Å²) in [5.74, 6) is -0.770. The van der Waals surface area contributed by atoms with E-state index in [9.17, 15) is 4.79 Å². The van der Waals surface area contributed by atoms with Gasteiger partial charge in [0, 0.05) is 6.42 Å². The average Bonchev–Trinajstić information content (AvgIpc) is 2.46. The van der Waals surface area contributed by atoms with Gasteiger partial charge in [-0.3, -0.25) is 4.79 Å². The lowest BCUT2D eigenvalue weighted by Gasteiger charge is -2.24. The number of benzene rings is 1. The Labute approximate surface area is 119 Å². The van der Waals surface area contributed by atoms with Crippen LogP contribution in [-0.4, -0.2) is 40.0 Å². The van der Waals surface area contributed by atoms with Crippen LogP contribution in [0.3, 0.4) is 0 Å². The van der Waals surface area contributed by atoms with E-state index in [1.165, 1.54) is 0 Å². The third kappa shape index (κ3) is 5.69. The Hall–Kier alpha value is -1.43. The van der Waals surface area contributed by atoms with Gasteiger partial charge in [-0.1, -0.05) is 24.3 Å². The highest BCUT2D eigenvalue weighted by Gasteiger charge is 2.22. The summed E-state index contributed by atoms with van der Waals surface area (Å²) in [7, 11) is 0. The summed E-state index contributed by atoms with van der Waals surface area (Å²) in [6, 6.07) is 7.91. The Morgan fingerprint density at radius 3 is 2.00 bits per heavy atom. The molecule has 0 aromatic heterocycles. The molecule has 0 aliphatic carbocycles. The molecule has 0 aliphatic rings. The van der Waals surface area contributed by atoms with E-state index < -0.39 is 11.5 Å². The molecule has 0 radical (unpaired) electrons. The first-order valence-electron chi connectivity index (χ1n) is 6.79. The van der Waals surface area contributed by atoms with Crippen LogP contribution in [0.5, 0.6) is 0 Å². The highest BCUT2D eigenvalue weighted by molar-refractivity contribution is 5.66. The van der Waals surface area contributed by atoms with Gasteiger partial charge in [-0.2, -0.15) is 0 Å². The molecule has 112 valence electrons. The summed E-state index contributed by atoms with van der Waals surface area (Å²) < 4.78 is 0. The number of nitrogens with two attached hydrogens (primary N) is 1. The molecule has 1 aromatic carbocycles. The van der Waals surface area contributed by atoms with Crippen molar-refractivity contribution in [3.05, 3.63) is 35.4 Å². The molecule has 0 saturated carbocycles. The molecule has 5 nitrogen and oxygen atoms in total. The van der Waals surface area contributed by atoms with Crippen LogP contribution in [0.25, 0.3) is 0 Å². The van der Waals surface area contributed by atoms with Gasteiger partial charge < -0.3 is 21.1 Å². The minimum Gasteiger partial charge on any atom is -0.481 e. The maximum absolute atomic E-state index is 10.4. The van der Waals surface area contributed by atoms with Crippen LogP contribution in [0.4, 0.5) is 0 Å². The fourth-order valence-corrected chi connectivity index (χ4v) is 1.92. The number of aryl methyl sites for hydroxylation is 2. The molecule has 0 heterocycles. The molecule has 0 spiro atoms. The second kappa shape index (κ2) is 7.99. The van der Waals surface area contributed by atoms with E-state index in [0.717, 1.165) is 17.5 Å². The molecule has 1 aromatic rings. The van der Waals surface area contributed by atoms with Gasteiger partial charge in [0.15, 0.2) is 0 Å². The predicted molar refractivity (Wildman–Crippen MR) is 76.4 cm³/mol. The number of aliphatic carboxylic acids is 1. The summed E-state index contributed by atoms with van der Waals surface area (Å²) in [5, 5.41) is 26.8. The summed E-state index contributed by atoms with van der Waals surface area (Å²) in [6.45, 7) is -0.479. The van der Waals surface area contributed by atoms with Crippen LogP contribution in [0.2, 0.25) is 0 Å². The number of carboxylic acids is 1. The van der Waals surface area contributed by atoms with Crippen molar-refractivity contribution in [1.82, 2.24) is 0 Å². The van der Waals surface area contributed by atoms with E-state index >= 15 is 0 Å². The molecule has 0 atom stereocenters. The van der Waals surface area contributed by atoms with Gasteiger partial charge in [0.2, 0.25) is 0 Å². The quantitative estimate of drug-likeness (QED) is 0.533. The first kappa shape index (κ1) is 16.6. The SMILES string of the molecule is NC(CO)(CO)CCc1ccc(CCCC(=O)O)cc1. The van der Waals surface area contributed by atoms with E-state index in [2.05, 4.69) is 0 Å². The van der Waals surface area contributed by atoms with E-state index in [0.29, 0.717) is 19.3 Å². The number of aliphatic hydroxyl groups is 2. The summed E-state index contributed by atoms with van der Waals surface area (Å²) in [5.41, 5.74) is 7.08. The normalized spacial score (nSPS) is 11.6. The van der Waals surface area contributed by atoms with Crippen molar-refractivity contribution in [3.63, 3.8) is 0 Å². The van der Waals surface area contributed by atoms with E-state index in [4.69, 9.17) is 21.1 Å². The third-order valence-corrected chi connectivity index (χ3v) is 3.42. The molecule has 0 amide bonds. The number of carbonyl (C=O) groups is 1. The van der Waals surface area contributed by atoms with Crippen LogP contribution < -0.4 is 5.73 Å². The van der Waals surface area contributed by atoms with E-state index in [-0.39, 0.29) is 19.6 Å². The standard InChI is InChI=1S/C15H23NO4/c16-15(10-17,11-18)9-8-13-6-4-12(5-7-13)2-1-3-14(19)20/h4-7,17-18H,1-3,8-11,16H2,(H,19,20). The van der Waals surface area contributed by atoms with Gasteiger partial charge in [-0.15, -0.1) is 0 Å². The van der Waals surface area contributed by atoms with Crippen LogP contribution in [0.1, 0.15) is 30.4 Å². The second-order valence-electron chi connectivity index (χ2n) is 5.24. The second-order valence-corrected chi connectivity index (χ2v) is 5.24. The maximum Gasteiger partial charge on any atom is 0.303 e. The molecule has 0 unspecified atom stereocenters. The Balaban J connectivity index is 2.44. The lowest BCUT2D eigenvalue weighted by molar-refractivity contribution is -0.137.